The van der Waals surface area contributed by atoms with Crippen LogP contribution in [0.1, 0.15) is 54.4 Å². The van der Waals surface area contributed by atoms with E-state index in [0.29, 0.717) is 17.7 Å². The van der Waals surface area contributed by atoms with E-state index >= 15 is 0 Å². The first-order chi connectivity index (χ1) is 16.5. The molecular formula is C26H31N3O4S. The van der Waals surface area contributed by atoms with E-state index in [0.717, 1.165) is 44.3 Å². The van der Waals surface area contributed by atoms with Crippen molar-refractivity contribution in [2.75, 3.05) is 25.0 Å². The smallest absolute Gasteiger partial charge is 0.306 e. The number of thiocarbonyl (C=S) groups is 1. The molecule has 0 saturated carbocycles. The van der Waals surface area contributed by atoms with Crippen LogP contribution in [0.15, 0.2) is 54.6 Å². The van der Waals surface area contributed by atoms with Crippen LogP contribution in [0.25, 0.3) is 0 Å². The molecule has 2 N–H and O–H groups in total. The molecule has 34 heavy (non-hydrogen) atoms. The summed E-state index contributed by atoms with van der Waals surface area (Å²) in [4.78, 5) is 38.8. The fourth-order valence-electron chi connectivity index (χ4n) is 3.75. The molecule has 2 aromatic carbocycles. The van der Waals surface area contributed by atoms with Crippen molar-refractivity contribution in [2.45, 2.75) is 44.9 Å². The fourth-order valence-corrected chi connectivity index (χ4v) is 3.98. The number of carbonyl (C=O) groups is 3. The maximum atomic E-state index is 12.8. The monoisotopic (exact) mass is 481 g/mol. The lowest BCUT2D eigenvalue weighted by atomic mass is 10.1. The first-order valence-electron chi connectivity index (χ1n) is 11.7. The number of likely N-dealkylation sites (tertiary alicyclic amines) is 1. The number of anilines is 1. The predicted octanol–water partition coefficient (Wildman–Crippen LogP) is 4.08. The number of hydrogen-bond donors (Lipinski definition) is 2. The molecule has 2 amide bonds. The van der Waals surface area contributed by atoms with Gasteiger partial charge in [-0.3, -0.25) is 14.4 Å². The molecule has 0 atom stereocenters. The lowest BCUT2D eigenvalue weighted by Gasteiger charge is -2.20. The van der Waals surface area contributed by atoms with Crippen LogP contribution in [-0.2, 0) is 20.7 Å². The van der Waals surface area contributed by atoms with Crippen LogP contribution >= 0.6 is 12.2 Å². The van der Waals surface area contributed by atoms with Gasteiger partial charge in [0.1, 0.15) is 0 Å². The van der Waals surface area contributed by atoms with E-state index in [1.165, 1.54) is 0 Å². The molecule has 0 unspecified atom stereocenters. The van der Waals surface area contributed by atoms with Gasteiger partial charge in [0.05, 0.1) is 13.0 Å². The third kappa shape index (κ3) is 8.59. The quantitative estimate of drug-likeness (QED) is 0.436. The van der Waals surface area contributed by atoms with Crippen molar-refractivity contribution in [2.24, 2.45) is 0 Å². The van der Waals surface area contributed by atoms with Crippen molar-refractivity contribution >= 4 is 40.8 Å². The molecule has 8 heteroatoms. The van der Waals surface area contributed by atoms with E-state index in [-0.39, 0.29) is 36.4 Å². The topological polar surface area (TPSA) is 87.7 Å². The summed E-state index contributed by atoms with van der Waals surface area (Å²) in [6.45, 7) is 1.83. The van der Waals surface area contributed by atoms with Gasteiger partial charge in [-0.05, 0) is 48.8 Å². The summed E-state index contributed by atoms with van der Waals surface area (Å²) in [6.07, 6.45) is 4.95. The predicted molar refractivity (Wildman–Crippen MR) is 136 cm³/mol. The maximum Gasteiger partial charge on any atom is 0.306 e. The molecule has 1 heterocycles. The van der Waals surface area contributed by atoms with Gasteiger partial charge in [0.15, 0.2) is 5.11 Å². The summed E-state index contributed by atoms with van der Waals surface area (Å²) in [7, 11) is 0. The van der Waals surface area contributed by atoms with E-state index in [1.54, 1.807) is 24.3 Å². The molecule has 0 spiro atoms. The Kier molecular flexibility index (Phi) is 10.0. The maximum absolute atomic E-state index is 12.8. The lowest BCUT2D eigenvalue weighted by molar-refractivity contribution is -0.144. The Hall–Kier alpha value is -3.26. The molecule has 1 aliphatic rings. The van der Waals surface area contributed by atoms with Gasteiger partial charge in [0.25, 0.3) is 5.91 Å². The van der Waals surface area contributed by atoms with E-state index < -0.39 is 5.97 Å². The van der Waals surface area contributed by atoms with Gasteiger partial charge in [0.2, 0.25) is 5.91 Å². The van der Waals surface area contributed by atoms with Gasteiger partial charge < -0.3 is 20.3 Å². The number of hydrogen-bond acceptors (Lipinski definition) is 5. The third-order valence-electron chi connectivity index (χ3n) is 5.57. The van der Waals surface area contributed by atoms with E-state index in [4.69, 9.17) is 17.0 Å². The molecule has 2 aromatic rings. The third-order valence-corrected chi connectivity index (χ3v) is 5.77. The summed E-state index contributed by atoms with van der Waals surface area (Å²) < 4.78 is 5.19. The highest BCUT2D eigenvalue weighted by Gasteiger charge is 2.17. The number of benzene rings is 2. The number of ether oxygens (including phenoxy) is 1. The van der Waals surface area contributed by atoms with Crippen LogP contribution in [-0.4, -0.2) is 47.5 Å². The first-order valence-corrected chi connectivity index (χ1v) is 12.1. The zero-order valence-corrected chi connectivity index (χ0v) is 20.1. The van der Waals surface area contributed by atoms with Crippen molar-refractivity contribution in [3.8, 4) is 0 Å². The van der Waals surface area contributed by atoms with Crippen LogP contribution in [0, 0.1) is 0 Å². The van der Waals surface area contributed by atoms with Crippen molar-refractivity contribution in [1.29, 1.82) is 0 Å². The molecular weight excluding hydrogens is 450 g/mol. The van der Waals surface area contributed by atoms with E-state index in [9.17, 15) is 14.4 Å². The van der Waals surface area contributed by atoms with Gasteiger partial charge in [-0.15, -0.1) is 0 Å². The molecule has 180 valence electrons. The Morgan fingerprint density at radius 1 is 0.912 bits per heavy atom. The van der Waals surface area contributed by atoms with Gasteiger partial charge in [0, 0.05) is 37.2 Å². The number of carbonyl (C=O) groups excluding carboxylic acids is 3. The van der Waals surface area contributed by atoms with Crippen LogP contribution < -0.4 is 10.6 Å². The zero-order valence-electron chi connectivity index (χ0n) is 19.3. The second-order valence-corrected chi connectivity index (χ2v) is 8.65. The fraction of sp³-hybridized carbons (Fsp3) is 0.385. The molecule has 3 rings (SSSR count). The second kappa shape index (κ2) is 13.4. The Morgan fingerprint density at radius 2 is 1.65 bits per heavy atom. The normalized spacial score (nSPS) is 13.5. The lowest BCUT2D eigenvalue weighted by Crippen LogP contribution is -2.34. The average molecular weight is 482 g/mol. The number of rotatable bonds is 8. The van der Waals surface area contributed by atoms with Crippen LogP contribution in [0.5, 0.6) is 0 Å². The van der Waals surface area contributed by atoms with Gasteiger partial charge in [-0.1, -0.05) is 49.2 Å². The van der Waals surface area contributed by atoms with Crippen molar-refractivity contribution in [3.05, 3.63) is 65.7 Å². The minimum absolute atomic E-state index is 0.00582. The number of esters is 1. The minimum atomic E-state index is -0.426. The highest BCUT2D eigenvalue weighted by Crippen LogP contribution is 2.16. The zero-order chi connectivity index (χ0) is 24.2. The van der Waals surface area contributed by atoms with Crippen molar-refractivity contribution in [1.82, 2.24) is 10.2 Å². The summed E-state index contributed by atoms with van der Waals surface area (Å²) in [5.74, 6) is -0.801. The van der Waals surface area contributed by atoms with Gasteiger partial charge in [-0.25, -0.2) is 0 Å². The number of nitrogens with zero attached hydrogens (tertiary/aromatic N) is 1. The highest BCUT2D eigenvalue weighted by atomic mass is 32.1. The first kappa shape index (κ1) is 25.4. The summed E-state index contributed by atoms with van der Waals surface area (Å²) in [6, 6.07) is 16.8. The van der Waals surface area contributed by atoms with Crippen molar-refractivity contribution in [3.63, 3.8) is 0 Å². The molecule has 7 nitrogen and oxygen atoms in total. The Bertz CT molecular complexity index is 989. The second-order valence-electron chi connectivity index (χ2n) is 8.25. The molecule has 0 aromatic heterocycles. The molecule has 0 aliphatic carbocycles. The molecule has 0 radical (unpaired) electrons. The summed E-state index contributed by atoms with van der Waals surface area (Å²) in [5, 5.41) is 5.61. The summed E-state index contributed by atoms with van der Waals surface area (Å²) in [5.41, 5.74) is 2.28. The summed E-state index contributed by atoms with van der Waals surface area (Å²) >= 11 is 5.21. The highest BCUT2D eigenvalue weighted by molar-refractivity contribution is 7.80. The molecule has 1 saturated heterocycles. The Labute approximate surface area is 205 Å². The largest absolute Gasteiger partial charge is 0.465 e. The molecule has 1 fully saturated rings. The SMILES string of the molecule is O=C(CCC(=O)OCCc1ccccc1)NC(=S)Nc1cccc(C(=O)N2CCCCCC2)c1. The van der Waals surface area contributed by atoms with Crippen LogP contribution in [0.4, 0.5) is 5.69 Å². The molecule has 1 aliphatic heterocycles. The Balaban J connectivity index is 1.39. The Morgan fingerprint density at radius 3 is 2.38 bits per heavy atom. The van der Waals surface area contributed by atoms with Gasteiger partial charge >= 0.3 is 5.97 Å². The standard InChI is InChI=1S/C26H31N3O4S/c30-23(13-14-24(31)33-18-15-20-9-4-3-5-10-20)28-26(34)27-22-12-8-11-21(19-22)25(32)29-16-6-1-2-7-17-29/h3-5,8-12,19H,1-2,6-7,13-18H2,(H2,27,28,30,34). The van der Waals surface area contributed by atoms with E-state index in [2.05, 4.69) is 10.6 Å². The van der Waals surface area contributed by atoms with Crippen LogP contribution in [0.3, 0.4) is 0 Å². The van der Waals surface area contributed by atoms with Crippen LogP contribution in [0.2, 0.25) is 0 Å². The van der Waals surface area contributed by atoms with E-state index in [1.807, 2.05) is 35.2 Å². The van der Waals surface area contributed by atoms with Crippen molar-refractivity contribution < 1.29 is 19.1 Å². The number of amides is 2. The average Bonchev–Trinajstić information content (AvgIpc) is 3.13. The molecule has 0 bridgehead atoms. The van der Waals surface area contributed by atoms with Gasteiger partial charge in [-0.2, -0.15) is 0 Å². The number of nitrogens with one attached hydrogen (secondary N) is 2. The minimum Gasteiger partial charge on any atom is -0.465 e.